The summed E-state index contributed by atoms with van der Waals surface area (Å²) in [7, 11) is 0. The fourth-order valence-electron chi connectivity index (χ4n) is 1.70. The van der Waals surface area contributed by atoms with Gasteiger partial charge in [-0.05, 0) is 12.8 Å². The summed E-state index contributed by atoms with van der Waals surface area (Å²) in [6, 6.07) is 3.14. The minimum absolute atomic E-state index is 0.00365. The van der Waals surface area contributed by atoms with E-state index in [9.17, 15) is 9.90 Å². The molecule has 0 unspecified atom stereocenters. The van der Waals surface area contributed by atoms with Gasteiger partial charge in [0.15, 0.2) is 0 Å². The SMILES string of the molecule is CCCCOc1cc(N)c(C(=O)O)c(OCCCC)c1. The molecule has 20 heavy (non-hydrogen) atoms. The van der Waals surface area contributed by atoms with Crippen LogP contribution in [0.3, 0.4) is 0 Å². The largest absolute Gasteiger partial charge is 0.493 e. The van der Waals surface area contributed by atoms with Crippen LogP contribution in [0.4, 0.5) is 5.69 Å². The van der Waals surface area contributed by atoms with Crippen LogP contribution in [0.5, 0.6) is 11.5 Å². The van der Waals surface area contributed by atoms with Gasteiger partial charge in [-0.3, -0.25) is 0 Å². The Morgan fingerprint density at radius 1 is 1.15 bits per heavy atom. The monoisotopic (exact) mass is 281 g/mol. The Morgan fingerprint density at radius 3 is 2.30 bits per heavy atom. The number of unbranched alkanes of at least 4 members (excludes halogenated alkanes) is 2. The zero-order chi connectivity index (χ0) is 15.0. The highest BCUT2D eigenvalue weighted by Gasteiger charge is 2.17. The van der Waals surface area contributed by atoms with Crippen LogP contribution in [0.25, 0.3) is 0 Å². The molecule has 0 aliphatic carbocycles. The van der Waals surface area contributed by atoms with Crippen LogP contribution in [-0.2, 0) is 0 Å². The first-order valence-electron chi connectivity index (χ1n) is 7.02. The van der Waals surface area contributed by atoms with Crippen LogP contribution in [0, 0.1) is 0 Å². The van der Waals surface area contributed by atoms with E-state index in [0.717, 1.165) is 25.7 Å². The summed E-state index contributed by atoms with van der Waals surface area (Å²) < 4.78 is 11.1. The number of carbonyl (C=O) groups is 1. The van der Waals surface area contributed by atoms with Crippen molar-refractivity contribution in [2.45, 2.75) is 39.5 Å². The average molecular weight is 281 g/mol. The van der Waals surface area contributed by atoms with Crippen LogP contribution in [0.15, 0.2) is 12.1 Å². The van der Waals surface area contributed by atoms with Gasteiger partial charge in [0.25, 0.3) is 0 Å². The van der Waals surface area contributed by atoms with Crippen molar-refractivity contribution in [1.29, 1.82) is 0 Å². The number of nitrogen functional groups attached to an aromatic ring is 1. The quantitative estimate of drug-likeness (QED) is 0.536. The molecule has 5 heteroatoms. The molecule has 0 saturated heterocycles. The number of aromatic carboxylic acids is 1. The Balaban J connectivity index is 2.92. The predicted octanol–water partition coefficient (Wildman–Crippen LogP) is 3.32. The van der Waals surface area contributed by atoms with Gasteiger partial charge in [0.2, 0.25) is 0 Å². The van der Waals surface area contributed by atoms with E-state index in [-0.39, 0.29) is 17.0 Å². The maximum Gasteiger partial charge on any atom is 0.341 e. The molecule has 0 spiro atoms. The first kappa shape index (κ1) is 16.1. The van der Waals surface area contributed by atoms with E-state index in [1.165, 1.54) is 6.07 Å². The van der Waals surface area contributed by atoms with E-state index in [1.54, 1.807) is 6.07 Å². The third-order valence-electron chi connectivity index (χ3n) is 2.84. The van der Waals surface area contributed by atoms with Crippen LogP contribution >= 0.6 is 0 Å². The topological polar surface area (TPSA) is 81.8 Å². The van der Waals surface area contributed by atoms with Crippen molar-refractivity contribution in [3.05, 3.63) is 17.7 Å². The molecule has 0 atom stereocenters. The minimum Gasteiger partial charge on any atom is -0.493 e. The van der Waals surface area contributed by atoms with Gasteiger partial charge in [-0.1, -0.05) is 26.7 Å². The molecule has 0 bridgehead atoms. The lowest BCUT2D eigenvalue weighted by Crippen LogP contribution is -2.09. The van der Waals surface area contributed by atoms with Crippen molar-refractivity contribution in [2.24, 2.45) is 0 Å². The van der Waals surface area contributed by atoms with Crippen molar-refractivity contribution in [2.75, 3.05) is 18.9 Å². The molecule has 0 radical (unpaired) electrons. The van der Waals surface area contributed by atoms with Crippen LogP contribution < -0.4 is 15.2 Å². The van der Waals surface area contributed by atoms with Crippen LogP contribution in [-0.4, -0.2) is 24.3 Å². The van der Waals surface area contributed by atoms with Crippen molar-refractivity contribution in [1.82, 2.24) is 0 Å². The number of anilines is 1. The fraction of sp³-hybridized carbons (Fsp3) is 0.533. The fourth-order valence-corrected chi connectivity index (χ4v) is 1.70. The molecule has 1 aromatic carbocycles. The Morgan fingerprint density at radius 2 is 1.75 bits per heavy atom. The molecule has 0 amide bonds. The van der Waals surface area contributed by atoms with Gasteiger partial charge in [-0.2, -0.15) is 0 Å². The molecule has 5 nitrogen and oxygen atoms in total. The molecule has 3 N–H and O–H groups in total. The Labute approximate surface area is 119 Å². The average Bonchev–Trinajstić information content (AvgIpc) is 2.38. The summed E-state index contributed by atoms with van der Waals surface area (Å²) in [4.78, 5) is 11.2. The van der Waals surface area contributed by atoms with Gasteiger partial charge in [0.05, 0.1) is 18.9 Å². The molecule has 1 aromatic rings. The summed E-state index contributed by atoms with van der Waals surface area (Å²) in [6.45, 7) is 5.16. The summed E-state index contributed by atoms with van der Waals surface area (Å²) in [5, 5.41) is 9.21. The van der Waals surface area contributed by atoms with E-state index in [2.05, 4.69) is 6.92 Å². The molecule has 112 valence electrons. The van der Waals surface area contributed by atoms with Gasteiger partial charge in [-0.15, -0.1) is 0 Å². The summed E-state index contributed by atoms with van der Waals surface area (Å²) >= 11 is 0. The third kappa shape index (κ3) is 4.64. The van der Waals surface area contributed by atoms with Crippen molar-refractivity contribution in [3.8, 4) is 11.5 Å². The van der Waals surface area contributed by atoms with E-state index in [4.69, 9.17) is 15.2 Å². The second kappa shape index (κ2) is 8.30. The van der Waals surface area contributed by atoms with Gasteiger partial charge in [0.1, 0.15) is 17.1 Å². The van der Waals surface area contributed by atoms with Crippen molar-refractivity contribution >= 4 is 11.7 Å². The summed E-state index contributed by atoms with van der Waals surface area (Å²) in [5.74, 6) is -0.265. The Kier molecular flexibility index (Phi) is 6.70. The summed E-state index contributed by atoms with van der Waals surface area (Å²) in [6.07, 6.45) is 3.81. The zero-order valence-corrected chi connectivity index (χ0v) is 12.1. The molecule has 0 heterocycles. The smallest absolute Gasteiger partial charge is 0.341 e. The number of carboxylic acids is 1. The maximum absolute atomic E-state index is 11.2. The number of ether oxygens (including phenoxy) is 2. The van der Waals surface area contributed by atoms with E-state index in [1.807, 2.05) is 6.92 Å². The lowest BCUT2D eigenvalue weighted by Gasteiger charge is -2.14. The molecule has 0 saturated carbocycles. The Hall–Kier alpha value is -1.91. The van der Waals surface area contributed by atoms with Gasteiger partial charge in [0, 0.05) is 12.1 Å². The molecular weight excluding hydrogens is 258 g/mol. The van der Waals surface area contributed by atoms with Crippen LogP contribution in [0.1, 0.15) is 49.9 Å². The lowest BCUT2D eigenvalue weighted by molar-refractivity contribution is 0.0693. The number of nitrogens with two attached hydrogens (primary N) is 1. The van der Waals surface area contributed by atoms with E-state index in [0.29, 0.717) is 19.0 Å². The number of hydrogen-bond acceptors (Lipinski definition) is 4. The minimum atomic E-state index is -1.09. The van der Waals surface area contributed by atoms with Gasteiger partial charge in [-0.25, -0.2) is 4.79 Å². The molecule has 0 aliphatic rings. The second-order valence-electron chi connectivity index (χ2n) is 4.59. The first-order chi connectivity index (χ1) is 9.60. The zero-order valence-electron chi connectivity index (χ0n) is 12.1. The maximum atomic E-state index is 11.2. The molecule has 1 rings (SSSR count). The number of carboxylic acid groups (broad SMARTS) is 1. The van der Waals surface area contributed by atoms with Crippen LogP contribution in [0.2, 0.25) is 0 Å². The lowest BCUT2D eigenvalue weighted by atomic mass is 10.1. The van der Waals surface area contributed by atoms with Crippen molar-refractivity contribution < 1.29 is 19.4 Å². The standard InChI is InChI=1S/C15H23NO4/c1-3-5-7-19-11-9-12(16)14(15(17)18)13(10-11)20-8-6-4-2/h9-10H,3-8,16H2,1-2H3,(H,17,18). The first-order valence-corrected chi connectivity index (χ1v) is 7.02. The third-order valence-corrected chi connectivity index (χ3v) is 2.84. The highest BCUT2D eigenvalue weighted by atomic mass is 16.5. The number of benzene rings is 1. The highest BCUT2D eigenvalue weighted by molar-refractivity contribution is 5.97. The molecule has 0 fully saturated rings. The normalized spacial score (nSPS) is 10.3. The molecule has 0 aliphatic heterocycles. The second-order valence-corrected chi connectivity index (χ2v) is 4.59. The van der Waals surface area contributed by atoms with E-state index < -0.39 is 5.97 Å². The molecule has 0 aromatic heterocycles. The Bertz CT molecular complexity index is 446. The van der Waals surface area contributed by atoms with E-state index >= 15 is 0 Å². The highest BCUT2D eigenvalue weighted by Crippen LogP contribution is 2.31. The van der Waals surface area contributed by atoms with Gasteiger partial charge < -0.3 is 20.3 Å². The number of rotatable bonds is 9. The predicted molar refractivity (Wildman–Crippen MR) is 78.6 cm³/mol. The van der Waals surface area contributed by atoms with Crippen molar-refractivity contribution in [3.63, 3.8) is 0 Å². The molecular formula is C15H23NO4. The van der Waals surface area contributed by atoms with Gasteiger partial charge >= 0.3 is 5.97 Å². The number of hydrogen-bond donors (Lipinski definition) is 2. The summed E-state index contributed by atoms with van der Waals surface area (Å²) in [5.41, 5.74) is 5.96.